The summed E-state index contributed by atoms with van der Waals surface area (Å²) in [6, 6.07) is 8.57. The molecule has 0 amide bonds. The Morgan fingerprint density at radius 1 is 1.00 bits per heavy atom. The summed E-state index contributed by atoms with van der Waals surface area (Å²) >= 11 is 0. The van der Waals surface area contributed by atoms with Crippen LogP contribution in [0.2, 0.25) is 0 Å². The fourth-order valence-corrected chi connectivity index (χ4v) is 1.79. The highest BCUT2D eigenvalue weighted by atomic mass is 16.5. The van der Waals surface area contributed by atoms with Crippen LogP contribution in [0.4, 0.5) is 0 Å². The number of carbonyl (C=O) groups excluding carboxylic acids is 1. The van der Waals surface area contributed by atoms with Gasteiger partial charge in [0, 0.05) is 29.1 Å². The van der Waals surface area contributed by atoms with Crippen LogP contribution in [-0.4, -0.2) is 25.0 Å². The highest BCUT2D eigenvalue weighted by molar-refractivity contribution is 6.09. The molecule has 0 bridgehead atoms. The molecule has 0 fully saturated rings. The summed E-state index contributed by atoms with van der Waals surface area (Å²) in [6.45, 7) is 1.85. The smallest absolute Gasteiger partial charge is 0.193 e. The molecular weight excluding hydrogens is 242 g/mol. The van der Waals surface area contributed by atoms with Crippen molar-refractivity contribution in [1.29, 1.82) is 0 Å². The molecule has 0 saturated carbocycles. The van der Waals surface area contributed by atoms with E-state index in [2.05, 4.69) is 4.98 Å². The van der Waals surface area contributed by atoms with Gasteiger partial charge in [-0.2, -0.15) is 0 Å². The summed E-state index contributed by atoms with van der Waals surface area (Å²) < 4.78 is 10.3. The van der Waals surface area contributed by atoms with E-state index in [1.165, 1.54) is 0 Å². The van der Waals surface area contributed by atoms with Crippen molar-refractivity contribution in [2.45, 2.75) is 6.92 Å². The molecule has 0 N–H and O–H groups in total. The van der Waals surface area contributed by atoms with E-state index in [9.17, 15) is 4.79 Å². The SMILES string of the molecule is COc1cc(OC)cc(C(=O)c2ccnc(C)c2)c1. The van der Waals surface area contributed by atoms with Gasteiger partial charge in [-0.3, -0.25) is 9.78 Å². The number of methoxy groups -OCH3 is 2. The van der Waals surface area contributed by atoms with Crippen LogP contribution in [0.5, 0.6) is 11.5 Å². The van der Waals surface area contributed by atoms with E-state index in [0.717, 1.165) is 5.69 Å². The quantitative estimate of drug-likeness (QED) is 0.790. The number of nitrogens with zero attached hydrogens (tertiary/aromatic N) is 1. The van der Waals surface area contributed by atoms with E-state index in [1.807, 2.05) is 6.92 Å². The normalized spacial score (nSPS) is 10.1. The van der Waals surface area contributed by atoms with Crippen LogP contribution in [0.3, 0.4) is 0 Å². The molecule has 0 saturated heterocycles. The number of pyridine rings is 1. The van der Waals surface area contributed by atoms with Crippen LogP contribution < -0.4 is 9.47 Å². The summed E-state index contributed by atoms with van der Waals surface area (Å²) in [4.78, 5) is 16.5. The van der Waals surface area contributed by atoms with Crippen LogP contribution in [-0.2, 0) is 0 Å². The lowest BCUT2D eigenvalue weighted by molar-refractivity contribution is 0.103. The highest BCUT2D eigenvalue weighted by Gasteiger charge is 2.12. The average Bonchev–Trinajstić information content (AvgIpc) is 2.45. The lowest BCUT2D eigenvalue weighted by atomic mass is 10.0. The Balaban J connectivity index is 2.43. The molecule has 0 atom stereocenters. The standard InChI is InChI=1S/C15H15NO3/c1-10-6-11(4-5-16-10)15(17)12-7-13(18-2)9-14(8-12)19-3/h4-9H,1-3H3. The van der Waals surface area contributed by atoms with E-state index in [0.29, 0.717) is 22.6 Å². The maximum Gasteiger partial charge on any atom is 0.193 e. The van der Waals surface area contributed by atoms with Gasteiger partial charge >= 0.3 is 0 Å². The van der Waals surface area contributed by atoms with Gasteiger partial charge < -0.3 is 9.47 Å². The summed E-state index contributed by atoms with van der Waals surface area (Å²) in [5, 5.41) is 0. The summed E-state index contributed by atoms with van der Waals surface area (Å²) in [7, 11) is 3.11. The zero-order chi connectivity index (χ0) is 13.8. The van der Waals surface area contributed by atoms with Crippen molar-refractivity contribution >= 4 is 5.78 Å². The van der Waals surface area contributed by atoms with E-state index < -0.39 is 0 Å². The minimum Gasteiger partial charge on any atom is -0.497 e. The number of carbonyl (C=O) groups is 1. The Morgan fingerprint density at radius 2 is 1.63 bits per heavy atom. The first-order chi connectivity index (χ1) is 9.13. The Bertz CT molecular complexity index is 586. The van der Waals surface area contributed by atoms with Crippen molar-refractivity contribution in [1.82, 2.24) is 4.98 Å². The van der Waals surface area contributed by atoms with Crippen molar-refractivity contribution < 1.29 is 14.3 Å². The maximum absolute atomic E-state index is 12.4. The minimum absolute atomic E-state index is 0.0808. The molecule has 1 heterocycles. The highest BCUT2D eigenvalue weighted by Crippen LogP contribution is 2.24. The third-order valence-electron chi connectivity index (χ3n) is 2.77. The minimum atomic E-state index is -0.0808. The van der Waals surface area contributed by atoms with Gasteiger partial charge in [0.15, 0.2) is 5.78 Å². The third kappa shape index (κ3) is 2.91. The number of aryl methyl sites for hydroxylation is 1. The largest absolute Gasteiger partial charge is 0.497 e. The van der Waals surface area contributed by atoms with Gasteiger partial charge in [-0.05, 0) is 31.2 Å². The van der Waals surface area contributed by atoms with Crippen molar-refractivity contribution in [3.63, 3.8) is 0 Å². The zero-order valence-electron chi connectivity index (χ0n) is 11.1. The first kappa shape index (κ1) is 13.1. The van der Waals surface area contributed by atoms with Crippen LogP contribution in [0.1, 0.15) is 21.6 Å². The third-order valence-corrected chi connectivity index (χ3v) is 2.77. The number of aromatic nitrogens is 1. The van der Waals surface area contributed by atoms with Crippen LogP contribution in [0.25, 0.3) is 0 Å². The lowest BCUT2D eigenvalue weighted by Crippen LogP contribution is -2.03. The van der Waals surface area contributed by atoms with Gasteiger partial charge in [0.1, 0.15) is 11.5 Å². The molecule has 98 valence electrons. The van der Waals surface area contributed by atoms with Gasteiger partial charge in [0.05, 0.1) is 14.2 Å². The monoisotopic (exact) mass is 257 g/mol. The molecule has 0 aliphatic carbocycles. The molecule has 2 rings (SSSR count). The van der Waals surface area contributed by atoms with Crippen LogP contribution >= 0.6 is 0 Å². The molecule has 0 unspecified atom stereocenters. The Morgan fingerprint density at radius 3 is 2.16 bits per heavy atom. The van der Waals surface area contributed by atoms with E-state index in [-0.39, 0.29) is 5.78 Å². The fourth-order valence-electron chi connectivity index (χ4n) is 1.79. The Labute approximate surface area is 112 Å². The van der Waals surface area contributed by atoms with Gasteiger partial charge in [-0.25, -0.2) is 0 Å². The van der Waals surface area contributed by atoms with Gasteiger partial charge in [0.25, 0.3) is 0 Å². The second-order valence-electron chi connectivity index (χ2n) is 4.12. The zero-order valence-corrected chi connectivity index (χ0v) is 11.1. The average molecular weight is 257 g/mol. The van der Waals surface area contributed by atoms with Crippen molar-refractivity contribution in [3.8, 4) is 11.5 Å². The number of hydrogen-bond donors (Lipinski definition) is 0. The predicted molar refractivity (Wildman–Crippen MR) is 72.0 cm³/mol. The number of rotatable bonds is 4. The molecule has 4 heteroatoms. The first-order valence-electron chi connectivity index (χ1n) is 5.84. The summed E-state index contributed by atoms with van der Waals surface area (Å²) in [5.74, 6) is 1.10. The van der Waals surface area contributed by atoms with E-state index >= 15 is 0 Å². The molecule has 0 aliphatic rings. The maximum atomic E-state index is 12.4. The van der Waals surface area contributed by atoms with Gasteiger partial charge in [0.2, 0.25) is 0 Å². The second kappa shape index (κ2) is 5.52. The molecule has 1 aromatic heterocycles. The fraction of sp³-hybridized carbons (Fsp3) is 0.200. The number of benzene rings is 1. The van der Waals surface area contributed by atoms with Crippen molar-refractivity contribution in [3.05, 3.63) is 53.3 Å². The van der Waals surface area contributed by atoms with E-state index in [4.69, 9.17) is 9.47 Å². The summed E-state index contributed by atoms with van der Waals surface area (Å²) in [6.07, 6.45) is 1.62. The van der Waals surface area contributed by atoms with E-state index in [1.54, 1.807) is 50.7 Å². The number of ketones is 1. The predicted octanol–water partition coefficient (Wildman–Crippen LogP) is 2.64. The molecule has 0 aliphatic heterocycles. The van der Waals surface area contributed by atoms with Gasteiger partial charge in [-0.1, -0.05) is 0 Å². The topological polar surface area (TPSA) is 48.4 Å². The molecule has 1 aromatic carbocycles. The van der Waals surface area contributed by atoms with Crippen molar-refractivity contribution in [2.24, 2.45) is 0 Å². The summed E-state index contributed by atoms with van der Waals surface area (Å²) in [5.41, 5.74) is 1.94. The molecule has 2 aromatic rings. The Hall–Kier alpha value is -2.36. The molecular formula is C15H15NO3. The molecule has 0 radical (unpaired) electrons. The van der Waals surface area contributed by atoms with Gasteiger partial charge in [-0.15, -0.1) is 0 Å². The van der Waals surface area contributed by atoms with Crippen LogP contribution in [0, 0.1) is 6.92 Å². The Kier molecular flexibility index (Phi) is 3.80. The molecule has 0 spiro atoms. The van der Waals surface area contributed by atoms with Crippen LogP contribution in [0.15, 0.2) is 36.5 Å². The molecule has 19 heavy (non-hydrogen) atoms. The number of hydrogen-bond acceptors (Lipinski definition) is 4. The molecule has 4 nitrogen and oxygen atoms in total. The second-order valence-corrected chi connectivity index (χ2v) is 4.12. The first-order valence-corrected chi connectivity index (χ1v) is 5.84. The number of ether oxygens (including phenoxy) is 2. The lowest BCUT2D eigenvalue weighted by Gasteiger charge is -2.08. The van der Waals surface area contributed by atoms with Crippen molar-refractivity contribution in [2.75, 3.05) is 14.2 Å².